The largest absolute Gasteiger partial charge is 0.437 e. The van der Waals surface area contributed by atoms with Crippen molar-refractivity contribution in [3.05, 3.63) is 78.8 Å². The first kappa shape index (κ1) is 14.8. The molecule has 0 unspecified atom stereocenters. The zero-order valence-corrected chi connectivity index (χ0v) is 13.0. The number of hydrogen-bond acceptors (Lipinski definition) is 5. The summed E-state index contributed by atoms with van der Waals surface area (Å²) in [7, 11) is 0. The van der Waals surface area contributed by atoms with E-state index in [2.05, 4.69) is 20.6 Å². The Morgan fingerprint density at radius 2 is 2.04 bits per heavy atom. The summed E-state index contributed by atoms with van der Waals surface area (Å²) in [6, 6.07) is 16.1. The lowest BCUT2D eigenvalue weighted by Crippen LogP contribution is -2.11. The molecule has 0 radical (unpaired) electrons. The van der Waals surface area contributed by atoms with Crippen molar-refractivity contribution in [2.75, 3.05) is 5.32 Å². The molecule has 25 heavy (non-hydrogen) atoms. The molecule has 0 bridgehead atoms. The molecule has 3 heterocycles. The molecule has 0 saturated heterocycles. The zero-order valence-electron chi connectivity index (χ0n) is 13.0. The highest BCUT2D eigenvalue weighted by Crippen LogP contribution is 2.23. The molecule has 0 aliphatic rings. The third kappa shape index (κ3) is 3.16. The van der Waals surface area contributed by atoms with E-state index in [0.717, 1.165) is 5.52 Å². The molecule has 1 N–H and O–H groups in total. The van der Waals surface area contributed by atoms with Gasteiger partial charge in [0.25, 0.3) is 5.91 Å². The molecule has 3 aromatic heterocycles. The van der Waals surface area contributed by atoms with Gasteiger partial charge >= 0.3 is 0 Å². The van der Waals surface area contributed by atoms with E-state index < -0.39 is 0 Å². The quantitative estimate of drug-likeness (QED) is 0.621. The van der Waals surface area contributed by atoms with Gasteiger partial charge in [0.1, 0.15) is 5.75 Å². The second kappa shape index (κ2) is 6.40. The summed E-state index contributed by atoms with van der Waals surface area (Å²) in [5.41, 5.74) is 1.86. The van der Waals surface area contributed by atoms with Crippen molar-refractivity contribution in [1.82, 2.24) is 19.8 Å². The number of benzene rings is 1. The number of anilines is 1. The van der Waals surface area contributed by atoms with Crippen LogP contribution in [0.4, 0.5) is 5.69 Å². The van der Waals surface area contributed by atoms with Crippen LogP contribution in [0, 0.1) is 0 Å². The van der Waals surface area contributed by atoms with Gasteiger partial charge in [0.15, 0.2) is 0 Å². The van der Waals surface area contributed by atoms with Gasteiger partial charge < -0.3 is 10.1 Å². The number of rotatable bonds is 4. The normalized spacial score (nSPS) is 10.6. The monoisotopic (exact) mass is 331 g/mol. The number of carbonyl (C=O) groups excluding carboxylic acids is 1. The summed E-state index contributed by atoms with van der Waals surface area (Å²) in [5, 5.41) is 14.7. The van der Waals surface area contributed by atoms with Crippen LogP contribution < -0.4 is 10.1 Å². The van der Waals surface area contributed by atoms with Gasteiger partial charge in [0, 0.05) is 30.2 Å². The van der Waals surface area contributed by atoms with Gasteiger partial charge in [-0.2, -0.15) is 10.2 Å². The Hall–Kier alpha value is -3.74. The predicted octanol–water partition coefficient (Wildman–Crippen LogP) is 3.17. The SMILES string of the molecule is O=C(Nc1cccc(Oc2cccnn2)c1)c1cnn2ccccc12. The van der Waals surface area contributed by atoms with Crippen LogP contribution in [-0.4, -0.2) is 25.7 Å². The number of ether oxygens (including phenoxy) is 1. The van der Waals surface area contributed by atoms with Crippen LogP contribution in [0.1, 0.15) is 10.4 Å². The molecule has 1 amide bonds. The minimum atomic E-state index is -0.238. The molecule has 0 saturated carbocycles. The molecule has 0 aliphatic heterocycles. The van der Waals surface area contributed by atoms with Crippen molar-refractivity contribution < 1.29 is 9.53 Å². The molecule has 0 aliphatic carbocycles. The van der Waals surface area contributed by atoms with Crippen molar-refractivity contribution in [2.24, 2.45) is 0 Å². The topological polar surface area (TPSA) is 81.4 Å². The van der Waals surface area contributed by atoms with E-state index >= 15 is 0 Å². The predicted molar refractivity (Wildman–Crippen MR) is 91.7 cm³/mol. The van der Waals surface area contributed by atoms with Gasteiger partial charge in [-0.15, -0.1) is 5.10 Å². The fourth-order valence-corrected chi connectivity index (χ4v) is 2.41. The number of nitrogens with one attached hydrogen (secondary N) is 1. The van der Waals surface area contributed by atoms with E-state index in [1.54, 1.807) is 59.5 Å². The molecule has 122 valence electrons. The third-order valence-electron chi connectivity index (χ3n) is 3.53. The van der Waals surface area contributed by atoms with Gasteiger partial charge in [-0.3, -0.25) is 4.79 Å². The highest BCUT2D eigenvalue weighted by Gasteiger charge is 2.12. The highest BCUT2D eigenvalue weighted by atomic mass is 16.5. The molecule has 0 spiro atoms. The van der Waals surface area contributed by atoms with Gasteiger partial charge in [0.2, 0.25) is 5.88 Å². The molecule has 4 aromatic rings. The van der Waals surface area contributed by atoms with E-state index in [1.807, 2.05) is 18.2 Å². The molecule has 1 aromatic carbocycles. The average molecular weight is 331 g/mol. The molecule has 7 heteroatoms. The second-order valence-electron chi connectivity index (χ2n) is 5.23. The van der Waals surface area contributed by atoms with Crippen molar-refractivity contribution in [3.8, 4) is 11.6 Å². The second-order valence-corrected chi connectivity index (χ2v) is 5.23. The summed E-state index contributed by atoms with van der Waals surface area (Å²) in [5.74, 6) is 0.699. The number of nitrogens with zero attached hydrogens (tertiary/aromatic N) is 4. The number of aromatic nitrogens is 4. The van der Waals surface area contributed by atoms with E-state index in [0.29, 0.717) is 22.9 Å². The van der Waals surface area contributed by atoms with Crippen LogP contribution in [0.15, 0.2) is 73.2 Å². The fraction of sp³-hybridized carbons (Fsp3) is 0. The number of pyridine rings is 1. The summed E-state index contributed by atoms with van der Waals surface area (Å²) in [4.78, 5) is 12.5. The summed E-state index contributed by atoms with van der Waals surface area (Å²) in [6.07, 6.45) is 4.91. The summed E-state index contributed by atoms with van der Waals surface area (Å²) < 4.78 is 7.28. The first-order valence-electron chi connectivity index (χ1n) is 7.59. The molecular formula is C18H13N5O2. The maximum atomic E-state index is 12.5. The van der Waals surface area contributed by atoms with Gasteiger partial charge in [-0.25, -0.2) is 4.52 Å². The Bertz CT molecular complexity index is 1030. The van der Waals surface area contributed by atoms with E-state index in [-0.39, 0.29) is 5.91 Å². The van der Waals surface area contributed by atoms with Crippen molar-refractivity contribution in [3.63, 3.8) is 0 Å². The first-order valence-corrected chi connectivity index (χ1v) is 7.59. The number of amides is 1. The van der Waals surface area contributed by atoms with Gasteiger partial charge in [0.05, 0.1) is 17.3 Å². The Labute approximate surface area is 142 Å². The molecule has 0 atom stereocenters. The lowest BCUT2D eigenvalue weighted by molar-refractivity contribution is 0.102. The Balaban J connectivity index is 1.54. The third-order valence-corrected chi connectivity index (χ3v) is 3.53. The minimum absolute atomic E-state index is 0.238. The van der Waals surface area contributed by atoms with E-state index in [4.69, 9.17) is 4.74 Å². The minimum Gasteiger partial charge on any atom is -0.437 e. The van der Waals surface area contributed by atoms with Crippen LogP contribution >= 0.6 is 0 Å². The average Bonchev–Trinajstić information content (AvgIpc) is 3.07. The Kier molecular flexibility index (Phi) is 3.80. The van der Waals surface area contributed by atoms with E-state index in [9.17, 15) is 4.79 Å². The number of hydrogen-bond donors (Lipinski definition) is 1. The van der Waals surface area contributed by atoms with Crippen LogP contribution in [0.2, 0.25) is 0 Å². The summed E-state index contributed by atoms with van der Waals surface area (Å²) in [6.45, 7) is 0. The summed E-state index contributed by atoms with van der Waals surface area (Å²) >= 11 is 0. The van der Waals surface area contributed by atoms with Crippen molar-refractivity contribution in [2.45, 2.75) is 0 Å². The molecule has 4 rings (SSSR count). The lowest BCUT2D eigenvalue weighted by Gasteiger charge is -2.07. The van der Waals surface area contributed by atoms with Gasteiger partial charge in [-0.05, 0) is 30.3 Å². The smallest absolute Gasteiger partial charge is 0.259 e. The van der Waals surface area contributed by atoms with Crippen LogP contribution in [-0.2, 0) is 0 Å². The maximum absolute atomic E-state index is 12.5. The maximum Gasteiger partial charge on any atom is 0.259 e. The number of fused-ring (bicyclic) bond motifs is 1. The molecular weight excluding hydrogens is 318 g/mol. The van der Waals surface area contributed by atoms with Crippen LogP contribution in [0.25, 0.3) is 5.52 Å². The van der Waals surface area contributed by atoms with Crippen LogP contribution in [0.5, 0.6) is 11.6 Å². The van der Waals surface area contributed by atoms with E-state index in [1.165, 1.54) is 0 Å². The lowest BCUT2D eigenvalue weighted by atomic mass is 10.2. The van der Waals surface area contributed by atoms with Crippen LogP contribution in [0.3, 0.4) is 0 Å². The highest BCUT2D eigenvalue weighted by molar-refractivity contribution is 6.08. The van der Waals surface area contributed by atoms with Crippen molar-refractivity contribution >= 4 is 17.1 Å². The first-order chi connectivity index (χ1) is 12.3. The van der Waals surface area contributed by atoms with Crippen molar-refractivity contribution in [1.29, 1.82) is 0 Å². The fourth-order valence-electron chi connectivity index (χ4n) is 2.41. The Morgan fingerprint density at radius 1 is 1.08 bits per heavy atom. The molecule has 0 fully saturated rings. The standard InChI is InChI=1S/C18H13N5O2/c24-18(15-12-20-23-10-2-1-7-16(15)23)21-13-5-3-6-14(11-13)25-17-8-4-9-19-22-17/h1-12H,(H,21,24). The van der Waals surface area contributed by atoms with Gasteiger partial charge in [-0.1, -0.05) is 12.1 Å². The number of carbonyl (C=O) groups is 1. The Morgan fingerprint density at radius 3 is 2.92 bits per heavy atom. The molecule has 7 nitrogen and oxygen atoms in total. The zero-order chi connectivity index (χ0) is 17.1.